The highest BCUT2D eigenvalue weighted by atomic mass is 16.6. The minimum atomic E-state index is -0.884. The van der Waals surface area contributed by atoms with Crippen LogP contribution in [0.3, 0.4) is 0 Å². The van der Waals surface area contributed by atoms with Crippen molar-refractivity contribution in [2.45, 2.75) is 112 Å². The van der Waals surface area contributed by atoms with Gasteiger partial charge in [0.1, 0.15) is 18.3 Å². The van der Waals surface area contributed by atoms with Crippen LogP contribution in [0.5, 0.6) is 0 Å². The molecular weight excluding hydrogens is 476 g/mol. The number of aliphatic hydroxyl groups excluding tert-OH is 2. The summed E-state index contributed by atoms with van der Waals surface area (Å²) in [7, 11) is 0. The van der Waals surface area contributed by atoms with Crippen LogP contribution in [0.2, 0.25) is 0 Å². The minimum Gasteiger partial charge on any atom is -0.461 e. The highest BCUT2D eigenvalue weighted by Gasteiger charge is 2.60. The van der Waals surface area contributed by atoms with Gasteiger partial charge in [0.2, 0.25) is 0 Å². The van der Waals surface area contributed by atoms with E-state index < -0.39 is 77.0 Å². The quantitative estimate of drug-likeness (QED) is 0.318. The molecule has 8 heteroatoms. The molecule has 0 aromatic heterocycles. The third-order valence-corrected chi connectivity index (χ3v) is 9.09. The van der Waals surface area contributed by atoms with E-state index in [1.165, 1.54) is 13.8 Å². The molecule has 0 aromatic carbocycles. The van der Waals surface area contributed by atoms with Crippen LogP contribution in [-0.4, -0.2) is 58.6 Å². The van der Waals surface area contributed by atoms with Gasteiger partial charge in [-0.2, -0.15) is 0 Å². The lowest BCUT2D eigenvalue weighted by Crippen LogP contribution is -2.60. The highest BCUT2D eigenvalue weighted by molar-refractivity contribution is 5.73. The summed E-state index contributed by atoms with van der Waals surface area (Å²) in [6.45, 7) is 18.2. The third-order valence-electron chi connectivity index (χ3n) is 9.09. The third kappa shape index (κ3) is 5.51. The van der Waals surface area contributed by atoms with E-state index in [4.69, 9.17) is 14.2 Å². The Kier molecular flexibility index (Phi) is 8.35. The number of carbonyl (C=O) groups excluding carboxylic acids is 3. The second kappa shape index (κ2) is 10.5. The Morgan fingerprint density at radius 2 is 1.65 bits per heavy atom. The van der Waals surface area contributed by atoms with Crippen LogP contribution in [0.1, 0.15) is 81.1 Å². The summed E-state index contributed by atoms with van der Waals surface area (Å²) >= 11 is 0. The first kappa shape index (κ1) is 29.4. The number of ether oxygens (including phenoxy) is 3. The monoisotopic (exact) mass is 520 g/mol. The molecular formula is C29H44O8. The Bertz CT molecular complexity index is 978. The van der Waals surface area contributed by atoms with E-state index in [0.717, 1.165) is 11.1 Å². The molecule has 0 saturated heterocycles. The highest BCUT2D eigenvalue weighted by Crippen LogP contribution is 2.60. The molecule has 0 spiro atoms. The lowest BCUT2D eigenvalue weighted by Gasteiger charge is -2.58. The Balaban J connectivity index is 2.20. The molecule has 2 bridgehead atoms. The number of hydrogen-bond donors (Lipinski definition) is 2. The van der Waals surface area contributed by atoms with Crippen molar-refractivity contribution in [2.24, 2.45) is 28.6 Å². The van der Waals surface area contributed by atoms with Crippen molar-refractivity contribution in [3.05, 3.63) is 23.3 Å². The summed E-state index contributed by atoms with van der Waals surface area (Å²) in [5.74, 6) is -3.09. The first-order valence-corrected chi connectivity index (χ1v) is 13.3. The van der Waals surface area contributed by atoms with Crippen molar-refractivity contribution in [1.29, 1.82) is 0 Å². The van der Waals surface area contributed by atoms with Crippen LogP contribution in [0.4, 0.5) is 0 Å². The fourth-order valence-electron chi connectivity index (χ4n) is 7.34. The van der Waals surface area contributed by atoms with Crippen LogP contribution >= 0.6 is 0 Å². The molecule has 0 aromatic rings. The Labute approximate surface area is 220 Å². The van der Waals surface area contributed by atoms with E-state index in [-0.39, 0.29) is 0 Å². The predicted octanol–water partition coefficient (Wildman–Crippen LogP) is 3.88. The molecule has 2 N–H and O–H groups in total. The topological polar surface area (TPSA) is 119 Å². The summed E-state index contributed by atoms with van der Waals surface area (Å²) in [6.07, 6.45) is -1.56. The van der Waals surface area contributed by atoms with E-state index in [9.17, 15) is 24.6 Å². The molecule has 0 unspecified atom stereocenters. The second-order valence-electron chi connectivity index (χ2n) is 12.3. The van der Waals surface area contributed by atoms with Crippen molar-refractivity contribution in [2.75, 3.05) is 0 Å². The standard InChI is InChI=1S/C29H44O8/c1-14-12-22(37-27(34)15(2)17(4)30)25-26(36-19(6)32)24-16(3)21(35-18(5)31)10-11-29(24,9)13-20(33)23(14)28(25,7)8/h15,17,20-22,24-26,30,33H,3,10-13H2,1-2,4-9H3/t15-,17+,20-,21-,22-,24-,25-,26-,29-/m0/s1. The van der Waals surface area contributed by atoms with Gasteiger partial charge >= 0.3 is 17.9 Å². The maximum absolute atomic E-state index is 13.0. The number of esters is 3. The molecule has 2 saturated carbocycles. The zero-order valence-corrected chi connectivity index (χ0v) is 23.5. The molecule has 2 fully saturated rings. The van der Waals surface area contributed by atoms with Gasteiger partial charge in [-0.25, -0.2) is 0 Å². The molecule has 0 radical (unpaired) electrons. The van der Waals surface area contributed by atoms with E-state index >= 15 is 0 Å². The molecule has 3 aliphatic carbocycles. The summed E-state index contributed by atoms with van der Waals surface area (Å²) < 4.78 is 17.8. The van der Waals surface area contributed by atoms with Gasteiger partial charge < -0.3 is 24.4 Å². The fraction of sp³-hybridized carbons (Fsp3) is 0.759. The molecule has 9 atom stereocenters. The zero-order valence-electron chi connectivity index (χ0n) is 23.5. The van der Waals surface area contributed by atoms with Gasteiger partial charge in [0.25, 0.3) is 0 Å². The molecule has 3 rings (SSSR count). The summed E-state index contributed by atoms with van der Waals surface area (Å²) in [4.78, 5) is 37.4. The number of aliphatic hydroxyl groups is 2. The van der Waals surface area contributed by atoms with Gasteiger partial charge in [-0.1, -0.05) is 32.9 Å². The molecule has 0 amide bonds. The largest absolute Gasteiger partial charge is 0.461 e. The van der Waals surface area contributed by atoms with Crippen LogP contribution in [-0.2, 0) is 28.6 Å². The van der Waals surface area contributed by atoms with Crippen molar-refractivity contribution in [3.8, 4) is 0 Å². The minimum absolute atomic E-state index is 0.375. The number of hydrogen-bond acceptors (Lipinski definition) is 8. The maximum Gasteiger partial charge on any atom is 0.311 e. The summed E-state index contributed by atoms with van der Waals surface area (Å²) in [5.41, 5.74) is 1.28. The average molecular weight is 521 g/mol. The zero-order chi connectivity index (χ0) is 28.0. The maximum atomic E-state index is 13.0. The van der Waals surface area contributed by atoms with Gasteiger partial charge in [-0.15, -0.1) is 0 Å². The van der Waals surface area contributed by atoms with Gasteiger partial charge in [0.15, 0.2) is 0 Å². The molecule has 0 heterocycles. The number of rotatable bonds is 5. The fourth-order valence-corrected chi connectivity index (χ4v) is 7.34. The first-order chi connectivity index (χ1) is 17.0. The van der Waals surface area contributed by atoms with Crippen LogP contribution < -0.4 is 0 Å². The molecule has 3 aliphatic rings. The van der Waals surface area contributed by atoms with Crippen molar-refractivity contribution in [3.63, 3.8) is 0 Å². The summed E-state index contributed by atoms with van der Waals surface area (Å²) in [5, 5.41) is 21.6. The normalized spacial score (nSPS) is 36.9. The molecule has 37 heavy (non-hydrogen) atoms. The Morgan fingerprint density at radius 1 is 1.05 bits per heavy atom. The lowest BCUT2D eigenvalue weighted by molar-refractivity contribution is -0.187. The second-order valence-corrected chi connectivity index (χ2v) is 12.3. The molecule has 208 valence electrons. The summed E-state index contributed by atoms with van der Waals surface area (Å²) in [6, 6.07) is 0. The predicted molar refractivity (Wildman–Crippen MR) is 137 cm³/mol. The van der Waals surface area contributed by atoms with Crippen LogP contribution in [0.15, 0.2) is 23.3 Å². The van der Waals surface area contributed by atoms with Gasteiger partial charge in [0, 0.05) is 32.1 Å². The number of carbonyl (C=O) groups is 3. The Hall–Kier alpha value is -2.19. The van der Waals surface area contributed by atoms with E-state index in [1.807, 2.05) is 20.8 Å². The van der Waals surface area contributed by atoms with Gasteiger partial charge in [-0.3, -0.25) is 14.4 Å². The van der Waals surface area contributed by atoms with Gasteiger partial charge in [0.05, 0.1) is 18.1 Å². The van der Waals surface area contributed by atoms with E-state index in [2.05, 4.69) is 13.5 Å². The van der Waals surface area contributed by atoms with E-state index in [1.54, 1.807) is 13.8 Å². The van der Waals surface area contributed by atoms with Gasteiger partial charge in [-0.05, 0) is 62.0 Å². The Morgan fingerprint density at radius 3 is 2.19 bits per heavy atom. The molecule has 8 nitrogen and oxygen atoms in total. The number of fused-ring (bicyclic) bond motifs is 3. The molecule has 0 aliphatic heterocycles. The SMILES string of the molecule is C=C1[C@@H](OC(C)=O)CC[C@@]2(C)C[C@H](O)C3=C(C)C[C@H](OC(=O)[C@@H](C)[C@@H](C)O)[C@@H]([C@@H](OC(C)=O)[C@H]12)C3(C)C. The first-order valence-electron chi connectivity index (χ1n) is 13.3. The van der Waals surface area contributed by atoms with E-state index in [0.29, 0.717) is 31.3 Å². The average Bonchev–Trinajstić information content (AvgIpc) is 2.72. The lowest BCUT2D eigenvalue weighted by atomic mass is 9.50. The van der Waals surface area contributed by atoms with Crippen molar-refractivity contribution in [1.82, 2.24) is 0 Å². The van der Waals surface area contributed by atoms with Crippen molar-refractivity contribution >= 4 is 17.9 Å². The van der Waals surface area contributed by atoms with Crippen LogP contribution in [0, 0.1) is 28.6 Å². The smallest absolute Gasteiger partial charge is 0.311 e. The van der Waals surface area contributed by atoms with Crippen LogP contribution in [0.25, 0.3) is 0 Å². The van der Waals surface area contributed by atoms with Crippen molar-refractivity contribution < 1.29 is 38.8 Å².